The van der Waals surface area contributed by atoms with Crippen LogP contribution in [0.25, 0.3) is 0 Å². The lowest BCUT2D eigenvalue weighted by molar-refractivity contribution is 0.0320. The van der Waals surface area contributed by atoms with Crippen molar-refractivity contribution in [3.63, 3.8) is 0 Å². The van der Waals surface area contributed by atoms with E-state index in [0.29, 0.717) is 18.3 Å². The van der Waals surface area contributed by atoms with Crippen LogP contribution in [-0.2, 0) is 11.3 Å². The quantitative estimate of drug-likeness (QED) is 0.536. The standard InChI is InChI=1S/C24H36ClN5O3S/c1-24(2,17-31)23(32)30-22(26-16-19-3-4-21(25)34-19)15-20(27-30)18-5-7-28(8-6-18)9-10-29-11-13-33-14-12-29/h3-4,15,18,26,31H,5-14,16-17H2,1-2H3. The Bertz CT molecular complexity index is 948. The highest BCUT2D eigenvalue weighted by Gasteiger charge is 2.32. The van der Waals surface area contributed by atoms with Crippen LogP contribution in [0.3, 0.4) is 0 Å². The molecule has 34 heavy (non-hydrogen) atoms. The van der Waals surface area contributed by atoms with E-state index in [1.54, 1.807) is 13.8 Å². The van der Waals surface area contributed by atoms with Crippen LogP contribution in [0.2, 0.25) is 4.34 Å². The molecule has 188 valence electrons. The molecule has 2 aliphatic heterocycles. The molecule has 2 aromatic heterocycles. The molecule has 0 unspecified atom stereocenters. The van der Waals surface area contributed by atoms with Crippen molar-refractivity contribution in [3.8, 4) is 0 Å². The first-order valence-electron chi connectivity index (χ1n) is 12.1. The van der Waals surface area contributed by atoms with Crippen molar-refractivity contribution in [2.75, 3.05) is 64.4 Å². The lowest BCUT2D eigenvalue weighted by atomic mass is 9.93. The number of likely N-dealkylation sites (tertiary alicyclic amines) is 1. The topological polar surface area (TPSA) is 82.9 Å². The second-order valence-corrected chi connectivity index (χ2v) is 11.6. The van der Waals surface area contributed by atoms with E-state index in [0.717, 1.165) is 80.2 Å². The number of thiophene rings is 1. The first-order valence-corrected chi connectivity index (χ1v) is 13.3. The molecule has 0 spiro atoms. The Hall–Kier alpha value is -1.49. The van der Waals surface area contributed by atoms with Gasteiger partial charge in [0.25, 0.3) is 5.91 Å². The zero-order valence-electron chi connectivity index (χ0n) is 20.1. The number of morpholine rings is 1. The number of ether oxygens (including phenoxy) is 1. The number of nitrogens with one attached hydrogen (secondary N) is 1. The summed E-state index contributed by atoms with van der Waals surface area (Å²) < 4.78 is 7.63. The van der Waals surface area contributed by atoms with Gasteiger partial charge in [0.15, 0.2) is 0 Å². The van der Waals surface area contributed by atoms with E-state index >= 15 is 0 Å². The molecule has 2 saturated heterocycles. The molecule has 0 radical (unpaired) electrons. The number of rotatable bonds is 9. The van der Waals surface area contributed by atoms with Crippen LogP contribution in [0, 0.1) is 5.41 Å². The van der Waals surface area contributed by atoms with Gasteiger partial charge in [-0.15, -0.1) is 11.3 Å². The zero-order chi connectivity index (χ0) is 24.1. The minimum Gasteiger partial charge on any atom is -0.395 e. The molecule has 0 saturated carbocycles. The van der Waals surface area contributed by atoms with Gasteiger partial charge >= 0.3 is 0 Å². The van der Waals surface area contributed by atoms with Crippen molar-refractivity contribution in [1.29, 1.82) is 0 Å². The van der Waals surface area contributed by atoms with Crippen molar-refractivity contribution in [2.24, 2.45) is 5.41 Å². The number of halogens is 1. The van der Waals surface area contributed by atoms with Gasteiger partial charge in [-0.2, -0.15) is 9.78 Å². The predicted molar refractivity (Wildman–Crippen MR) is 136 cm³/mol. The summed E-state index contributed by atoms with van der Waals surface area (Å²) in [6.07, 6.45) is 2.05. The second kappa shape index (κ2) is 11.5. The lowest BCUT2D eigenvalue weighted by Gasteiger charge is -2.34. The Kier molecular flexibility index (Phi) is 8.66. The first kappa shape index (κ1) is 25.6. The number of aliphatic hydroxyl groups excluding tert-OH is 1. The number of hydrogen-bond acceptors (Lipinski definition) is 8. The molecular formula is C24H36ClN5O3S. The third-order valence-corrected chi connectivity index (χ3v) is 8.04. The van der Waals surface area contributed by atoms with Crippen molar-refractivity contribution in [2.45, 2.75) is 39.2 Å². The number of carbonyl (C=O) groups excluding carboxylic acids is 1. The smallest absolute Gasteiger partial charge is 0.256 e. The number of aromatic nitrogens is 2. The number of piperidine rings is 1. The van der Waals surface area contributed by atoms with Crippen molar-refractivity contribution in [1.82, 2.24) is 19.6 Å². The van der Waals surface area contributed by atoms with E-state index in [1.165, 1.54) is 16.0 Å². The minimum absolute atomic E-state index is 0.212. The minimum atomic E-state index is -0.908. The van der Waals surface area contributed by atoms with Crippen molar-refractivity contribution >= 4 is 34.7 Å². The predicted octanol–water partition coefficient (Wildman–Crippen LogP) is 3.38. The number of carbonyl (C=O) groups is 1. The van der Waals surface area contributed by atoms with Gasteiger partial charge in [0.1, 0.15) is 5.82 Å². The number of hydrogen-bond donors (Lipinski definition) is 2. The fourth-order valence-corrected chi connectivity index (χ4v) is 5.45. The molecule has 0 bridgehead atoms. The van der Waals surface area contributed by atoms with E-state index in [2.05, 4.69) is 15.1 Å². The van der Waals surface area contributed by atoms with Gasteiger partial charge in [-0.05, 0) is 51.9 Å². The monoisotopic (exact) mass is 509 g/mol. The number of nitrogens with zero attached hydrogens (tertiary/aromatic N) is 4. The van der Waals surface area contributed by atoms with Crippen LogP contribution in [0.15, 0.2) is 18.2 Å². The van der Waals surface area contributed by atoms with Gasteiger partial charge in [-0.1, -0.05) is 11.6 Å². The van der Waals surface area contributed by atoms with Gasteiger partial charge in [-0.3, -0.25) is 9.69 Å². The summed E-state index contributed by atoms with van der Waals surface area (Å²) >= 11 is 7.58. The van der Waals surface area contributed by atoms with E-state index in [-0.39, 0.29) is 12.5 Å². The Morgan fingerprint density at radius 3 is 2.50 bits per heavy atom. The van der Waals surface area contributed by atoms with Crippen LogP contribution in [0.1, 0.15) is 48.0 Å². The Labute approximate surface area is 210 Å². The molecule has 0 atom stereocenters. The molecule has 2 aromatic rings. The molecule has 0 amide bonds. The first-order chi connectivity index (χ1) is 16.4. The Morgan fingerprint density at radius 2 is 1.88 bits per heavy atom. The van der Waals surface area contributed by atoms with Crippen LogP contribution in [-0.4, -0.2) is 89.7 Å². The largest absolute Gasteiger partial charge is 0.395 e. The molecule has 0 aliphatic carbocycles. The van der Waals surface area contributed by atoms with Gasteiger partial charge in [0, 0.05) is 43.0 Å². The molecule has 2 aliphatic rings. The highest BCUT2D eigenvalue weighted by molar-refractivity contribution is 7.16. The highest BCUT2D eigenvalue weighted by Crippen LogP contribution is 2.31. The SMILES string of the molecule is CC(C)(CO)C(=O)n1nc(C2CCN(CCN3CCOCC3)CC2)cc1NCc1ccc(Cl)s1. The van der Waals surface area contributed by atoms with Crippen LogP contribution in [0.4, 0.5) is 5.82 Å². The number of anilines is 1. The van der Waals surface area contributed by atoms with Crippen LogP contribution in [0.5, 0.6) is 0 Å². The van der Waals surface area contributed by atoms with Gasteiger partial charge in [0.05, 0.1) is 41.8 Å². The molecule has 10 heteroatoms. The van der Waals surface area contributed by atoms with E-state index < -0.39 is 5.41 Å². The summed E-state index contributed by atoms with van der Waals surface area (Å²) in [7, 11) is 0. The zero-order valence-corrected chi connectivity index (χ0v) is 21.7. The Morgan fingerprint density at radius 1 is 1.21 bits per heavy atom. The van der Waals surface area contributed by atoms with Gasteiger partial charge in [-0.25, -0.2) is 0 Å². The van der Waals surface area contributed by atoms with Crippen LogP contribution < -0.4 is 5.32 Å². The third-order valence-electron chi connectivity index (χ3n) is 6.81. The van der Waals surface area contributed by atoms with Gasteiger partial charge in [0.2, 0.25) is 0 Å². The fourth-order valence-electron chi connectivity index (χ4n) is 4.42. The summed E-state index contributed by atoms with van der Waals surface area (Å²) in [6, 6.07) is 5.86. The molecule has 4 heterocycles. The molecule has 8 nitrogen and oxygen atoms in total. The Balaban J connectivity index is 1.40. The molecular weight excluding hydrogens is 474 g/mol. The summed E-state index contributed by atoms with van der Waals surface area (Å²) in [5.41, 5.74) is 0.0380. The summed E-state index contributed by atoms with van der Waals surface area (Å²) in [6.45, 7) is 11.8. The molecule has 4 rings (SSSR count). The highest BCUT2D eigenvalue weighted by atomic mass is 35.5. The van der Waals surface area contributed by atoms with E-state index in [4.69, 9.17) is 21.4 Å². The average molecular weight is 510 g/mol. The normalized spacial score (nSPS) is 18.9. The van der Waals surface area contributed by atoms with E-state index in [9.17, 15) is 9.90 Å². The maximum absolute atomic E-state index is 13.2. The second-order valence-electron chi connectivity index (χ2n) is 9.84. The maximum Gasteiger partial charge on any atom is 0.256 e. The van der Waals surface area contributed by atoms with Gasteiger partial charge < -0.3 is 20.1 Å². The van der Waals surface area contributed by atoms with Crippen molar-refractivity contribution < 1.29 is 14.6 Å². The van der Waals surface area contributed by atoms with Crippen LogP contribution >= 0.6 is 22.9 Å². The summed E-state index contributed by atoms with van der Waals surface area (Å²) in [5.74, 6) is 0.777. The van der Waals surface area contributed by atoms with Crippen molar-refractivity contribution in [3.05, 3.63) is 33.1 Å². The lowest BCUT2D eigenvalue weighted by Crippen LogP contribution is -2.43. The molecule has 2 fully saturated rings. The summed E-state index contributed by atoms with van der Waals surface area (Å²) in [4.78, 5) is 19.3. The third kappa shape index (κ3) is 6.38. The number of aliphatic hydroxyl groups is 1. The summed E-state index contributed by atoms with van der Waals surface area (Å²) in [5, 5.41) is 17.9. The molecule has 2 N–H and O–H groups in total. The maximum atomic E-state index is 13.2. The fraction of sp³-hybridized carbons (Fsp3) is 0.667. The molecule has 0 aromatic carbocycles. The average Bonchev–Trinajstić information content (AvgIpc) is 3.48. The van der Waals surface area contributed by atoms with E-state index in [1.807, 2.05) is 18.2 Å².